The molecular weight excluding hydrogens is 202 g/mol. The minimum absolute atomic E-state index is 0.127. The molecule has 0 aromatic heterocycles. The molecule has 0 aliphatic heterocycles. The molecule has 78 valence electrons. The Hall–Kier alpha value is -0.770. The van der Waals surface area contributed by atoms with Gasteiger partial charge in [-0.2, -0.15) is 0 Å². The van der Waals surface area contributed by atoms with Crippen LogP contribution < -0.4 is 10.5 Å². The van der Waals surface area contributed by atoms with Crippen LogP contribution in [0.1, 0.15) is 12.5 Å². The molecular formula is C10H14ClNO2. The number of halogens is 1. The van der Waals surface area contributed by atoms with Crippen molar-refractivity contribution in [2.75, 3.05) is 13.7 Å². The lowest BCUT2D eigenvalue weighted by atomic mass is 9.94. The van der Waals surface area contributed by atoms with Gasteiger partial charge in [0.25, 0.3) is 0 Å². The fraction of sp³-hybridized carbons (Fsp3) is 0.400. The third-order valence-electron chi connectivity index (χ3n) is 2.14. The van der Waals surface area contributed by atoms with Crippen molar-refractivity contribution < 1.29 is 9.84 Å². The lowest BCUT2D eigenvalue weighted by Gasteiger charge is -2.22. The first kappa shape index (κ1) is 11.3. The van der Waals surface area contributed by atoms with Crippen molar-refractivity contribution in [2.24, 2.45) is 5.73 Å². The smallest absolute Gasteiger partial charge is 0.137 e. The third-order valence-corrected chi connectivity index (χ3v) is 2.45. The maximum Gasteiger partial charge on any atom is 0.137 e. The van der Waals surface area contributed by atoms with Gasteiger partial charge in [-0.05, 0) is 24.6 Å². The zero-order valence-electron chi connectivity index (χ0n) is 8.25. The first-order chi connectivity index (χ1) is 6.51. The Morgan fingerprint density at radius 3 is 2.71 bits per heavy atom. The highest BCUT2D eigenvalue weighted by molar-refractivity contribution is 6.32. The highest BCUT2D eigenvalue weighted by atomic mass is 35.5. The number of ether oxygens (including phenoxy) is 1. The SMILES string of the molecule is COc1cc(C(C)(N)CO)ccc1Cl. The number of methoxy groups -OCH3 is 1. The van der Waals surface area contributed by atoms with Crippen molar-refractivity contribution in [2.45, 2.75) is 12.5 Å². The summed E-state index contributed by atoms with van der Waals surface area (Å²) in [5, 5.41) is 9.61. The topological polar surface area (TPSA) is 55.5 Å². The van der Waals surface area contributed by atoms with Gasteiger partial charge in [0.15, 0.2) is 0 Å². The van der Waals surface area contributed by atoms with Gasteiger partial charge in [0, 0.05) is 0 Å². The number of rotatable bonds is 3. The van der Waals surface area contributed by atoms with Crippen LogP contribution in [0.2, 0.25) is 5.02 Å². The second kappa shape index (κ2) is 4.17. The van der Waals surface area contributed by atoms with Crippen LogP contribution in [0.15, 0.2) is 18.2 Å². The molecule has 14 heavy (non-hydrogen) atoms. The average molecular weight is 216 g/mol. The lowest BCUT2D eigenvalue weighted by molar-refractivity contribution is 0.210. The van der Waals surface area contributed by atoms with E-state index < -0.39 is 5.54 Å². The van der Waals surface area contributed by atoms with Crippen molar-refractivity contribution in [3.05, 3.63) is 28.8 Å². The molecule has 1 atom stereocenters. The first-order valence-electron chi connectivity index (χ1n) is 4.25. The molecule has 0 heterocycles. The second-order valence-electron chi connectivity index (χ2n) is 3.42. The van der Waals surface area contributed by atoms with Crippen LogP contribution in [-0.4, -0.2) is 18.8 Å². The predicted octanol–water partition coefficient (Wildman–Crippen LogP) is 1.51. The number of hydrogen-bond donors (Lipinski definition) is 2. The maximum absolute atomic E-state index is 9.08. The van der Waals surface area contributed by atoms with E-state index in [9.17, 15) is 0 Å². The van der Waals surface area contributed by atoms with Crippen LogP contribution in [0.4, 0.5) is 0 Å². The van der Waals surface area contributed by atoms with Crippen molar-refractivity contribution in [1.82, 2.24) is 0 Å². The standard InChI is InChI=1S/C10H14ClNO2/c1-10(12,6-13)7-3-4-8(11)9(5-7)14-2/h3-5,13H,6,12H2,1-2H3. The van der Waals surface area contributed by atoms with Gasteiger partial charge in [0.2, 0.25) is 0 Å². The minimum atomic E-state index is -0.766. The number of aliphatic hydroxyl groups excluding tert-OH is 1. The number of aliphatic hydroxyl groups is 1. The molecule has 1 unspecified atom stereocenters. The summed E-state index contributed by atoms with van der Waals surface area (Å²) in [5.74, 6) is 0.564. The van der Waals surface area contributed by atoms with Gasteiger partial charge < -0.3 is 15.6 Å². The Bertz CT molecular complexity index is 326. The molecule has 0 aliphatic carbocycles. The third kappa shape index (κ3) is 2.18. The Kier molecular flexibility index (Phi) is 3.37. The van der Waals surface area contributed by atoms with E-state index in [4.69, 9.17) is 27.2 Å². The Balaban J connectivity index is 3.12. The molecule has 1 rings (SSSR count). The summed E-state index contributed by atoms with van der Waals surface area (Å²) >= 11 is 5.86. The van der Waals surface area contributed by atoms with Crippen LogP contribution in [-0.2, 0) is 5.54 Å². The molecule has 0 saturated carbocycles. The fourth-order valence-electron chi connectivity index (χ4n) is 1.11. The van der Waals surface area contributed by atoms with Gasteiger partial charge in [0.05, 0.1) is 24.3 Å². The van der Waals surface area contributed by atoms with Gasteiger partial charge in [-0.25, -0.2) is 0 Å². The fourth-order valence-corrected chi connectivity index (χ4v) is 1.30. The highest BCUT2D eigenvalue weighted by Crippen LogP contribution is 2.28. The summed E-state index contributed by atoms with van der Waals surface area (Å²) in [6.45, 7) is 1.62. The van der Waals surface area contributed by atoms with Crippen molar-refractivity contribution in [3.8, 4) is 5.75 Å². The van der Waals surface area contributed by atoms with Crippen molar-refractivity contribution >= 4 is 11.6 Å². The van der Waals surface area contributed by atoms with Crippen LogP contribution in [0.5, 0.6) is 5.75 Å². The van der Waals surface area contributed by atoms with Gasteiger partial charge in [-0.15, -0.1) is 0 Å². The largest absolute Gasteiger partial charge is 0.495 e. The van der Waals surface area contributed by atoms with Crippen LogP contribution in [0.25, 0.3) is 0 Å². The molecule has 0 aliphatic rings. The Morgan fingerprint density at radius 1 is 1.57 bits per heavy atom. The van der Waals surface area contributed by atoms with Crippen molar-refractivity contribution in [3.63, 3.8) is 0 Å². The maximum atomic E-state index is 9.08. The molecule has 4 heteroatoms. The van der Waals surface area contributed by atoms with Gasteiger partial charge in [0.1, 0.15) is 5.75 Å². The van der Waals surface area contributed by atoms with Gasteiger partial charge in [-0.1, -0.05) is 17.7 Å². The van der Waals surface area contributed by atoms with Crippen LogP contribution in [0, 0.1) is 0 Å². The summed E-state index contributed by atoms with van der Waals surface area (Å²) in [4.78, 5) is 0. The Morgan fingerprint density at radius 2 is 2.21 bits per heavy atom. The molecule has 0 fully saturated rings. The van der Waals surface area contributed by atoms with Crippen molar-refractivity contribution in [1.29, 1.82) is 0 Å². The normalized spacial score (nSPS) is 14.9. The molecule has 0 spiro atoms. The zero-order chi connectivity index (χ0) is 10.8. The quantitative estimate of drug-likeness (QED) is 0.804. The van der Waals surface area contributed by atoms with Crippen LogP contribution in [0.3, 0.4) is 0 Å². The highest BCUT2D eigenvalue weighted by Gasteiger charge is 2.20. The van der Waals surface area contributed by atoms with E-state index in [-0.39, 0.29) is 6.61 Å². The molecule has 3 nitrogen and oxygen atoms in total. The second-order valence-corrected chi connectivity index (χ2v) is 3.83. The van der Waals surface area contributed by atoms with E-state index in [0.717, 1.165) is 5.56 Å². The number of benzene rings is 1. The lowest BCUT2D eigenvalue weighted by Crippen LogP contribution is -2.36. The Labute approximate surface area is 88.4 Å². The molecule has 3 N–H and O–H groups in total. The van der Waals surface area contributed by atoms with E-state index in [1.54, 1.807) is 25.1 Å². The summed E-state index contributed by atoms with van der Waals surface area (Å²) in [6, 6.07) is 5.22. The van der Waals surface area contributed by atoms with Crippen LogP contribution >= 0.6 is 11.6 Å². The summed E-state index contributed by atoms with van der Waals surface area (Å²) in [7, 11) is 1.54. The average Bonchev–Trinajstić information content (AvgIpc) is 2.18. The number of nitrogens with two attached hydrogens (primary N) is 1. The summed E-state index contributed by atoms with van der Waals surface area (Å²) in [6.07, 6.45) is 0. The van der Waals surface area contributed by atoms with E-state index in [0.29, 0.717) is 10.8 Å². The number of hydrogen-bond acceptors (Lipinski definition) is 3. The summed E-state index contributed by atoms with van der Waals surface area (Å²) in [5.41, 5.74) is 5.89. The van der Waals surface area contributed by atoms with E-state index >= 15 is 0 Å². The molecule has 1 aromatic carbocycles. The minimum Gasteiger partial charge on any atom is -0.495 e. The van der Waals surface area contributed by atoms with E-state index in [1.165, 1.54) is 7.11 Å². The van der Waals surface area contributed by atoms with E-state index in [1.807, 2.05) is 0 Å². The molecule has 0 bridgehead atoms. The molecule has 0 saturated heterocycles. The first-order valence-corrected chi connectivity index (χ1v) is 4.63. The van der Waals surface area contributed by atoms with Gasteiger partial charge >= 0.3 is 0 Å². The zero-order valence-corrected chi connectivity index (χ0v) is 9.01. The molecule has 0 radical (unpaired) electrons. The molecule has 0 amide bonds. The van der Waals surface area contributed by atoms with E-state index in [2.05, 4.69) is 0 Å². The monoisotopic (exact) mass is 215 g/mol. The summed E-state index contributed by atoms with van der Waals surface area (Å²) < 4.78 is 5.06. The van der Waals surface area contributed by atoms with Gasteiger partial charge in [-0.3, -0.25) is 0 Å². The predicted molar refractivity (Wildman–Crippen MR) is 56.6 cm³/mol. The molecule has 1 aromatic rings.